The molecule has 59 heavy (non-hydrogen) atoms. The van der Waals surface area contributed by atoms with E-state index in [1.807, 2.05) is 28.7 Å². The third-order valence-electron chi connectivity index (χ3n) is 11.9. The molecule has 0 atom stereocenters. The van der Waals surface area contributed by atoms with E-state index in [1.54, 1.807) is 0 Å². The Hall–Kier alpha value is -6.98. The molecule has 0 amide bonds. The molecule has 0 aliphatic heterocycles. The Bertz CT molecular complexity index is 3560. The van der Waals surface area contributed by atoms with Gasteiger partial charge in [-0.2, -0.15) is 0 Å². The lowest BCUT2D eigenvalue weighted by Gasteiger charge is -2.31. The molecule has 2 heterocycles. The highest BCUT2D eigenvalue weighted by atomic mass is 32.1. The molecule has 12 rings (SSSR count). The van der Waals surface area contributed by atoms with E-state index < -0.39 is 0 Å². The summed E-state index contributed by atoms with van der Waals surface area (Å²) in [5, 5.41) is 12.7. The number of thiophene rings is 2. The minimum absolute atomic E-state index is 0.740. The quantitative estimate of drug-likeness (QED) is 0.112. The first kappa shape index (κ1) is 34.1. The number of hydrogen-bond donors (Lipinski definition) is 0. The van der Waals surface area contributed by atoms with E-state index >= 15 is 0 Å². The van der Waals surface area contributed by atoms with Crippen molar-refractivity contribution in [1.29, 1.82) is 0 Å². The Morgan fingerprint density at radius 1 is 0.407 bits per heavy atom. The van der Waals surface area contributed by atoms with Crippen LogP contribution in [0.25, 0.3) is 72.7 Å². The average Bonchev–Trinajstić information content (AvgIpc) is 3.87. The van der Waals surface area contributed by atoms with Gasteiger partial charge in [0.05, 0.1) is 32.1 Å². The van der Waals surface area contributed by atoms with Gasteiger partial charge in [-0.1, -0.05) is 133 Å². The fourth-order valence-electron chi connectivity index (χ4n) is 9.44. The van der Waals surface area contributed by atoms with Gasteiger partial charge in [0.15, 0.2) is 0 Å². The van der Waals surface area contributed by atoms with E-state index in [0.717, 1.165) is 23.5 Å². The second kappa shape index (κ2) is 13.6. The zero-order valence-electron chi connectivity index (χ0n) is 32.1. The van der Waals surface area contributed by atoms with E-state index in [9.17, 15) is 0 Å². The molecular weight excluding hydrogens is 753 g/mol. The van der Waals surface area contributed by atoms with Gasteiger partial charge in [0.1, 0.15) is 0 Å². The van der Waals surface area contributed by atoms with Crippen molar-refractivity contribution in [3.63, 3.8) is 0 Å². The summed E-state index contributed by atoms with van der Waals surface area (Å²) in [6, 6.07) is 69.3. The van der Waals surface area contributed by atoms with Crippen LogP contribution in [-0.4, -0.2) is 0 Å². The Morgan fingerprint density at radius 2 is 0.915 bits per heavy atom. The van der Waals surface area contributed by atoms with Crippen molar-refractivity contribution in [2.75, 3.05) is 9.80 Å². The highest BCUT2D eigenvalue weighted by molar-refractivity contribution is 7.26. The largest absolute Gasteiger partial charge is 0.308 e. The molecule has 0 bridgehead atoms. The van der Waals surface area contributed by atoms with Gasteiger partial charge in [0.2, 0.25) is 0 Å². The number of nitrogens with zero attached hydrogens (tertiary/aromatic N) is 2. The van der Waals surface area contributed by atoms with Crippen LogP contribution in [0.3, 0.4) is 0 Å². The van der Waals surface area contributed by atoms with E-state index in [0.29, 0.717) is 0 Å². The summed E-state index contributed by atoms with van der Waals surface area (Å²) in [6.45, 7) is 4.26. The molecule has 0 saturated carbocycles. The molecule has 2 aromatic heterocycles. The second-order valence-corrected chi connectivity index (χ2v) is 17.3. The van der Waals surface area contributed by atoms with E-state index in [4.69, 9.17) is 0 Å². The number of rotatable bonds is 8. The van der Waals surface area contributed by atoms with Crippen LogP contribution >= 0.6 is 22.7 Å². The van der Waals surface area contributed by atoms with Crippen LogP contribution in [0.5, 0.6) is 0 Å². The molecule has 0 aliphatic carbocycles. The molecular formula is C55H36N2S2. The first-order chi connectivity index (χ1) is 29.2. The summed E-state index contributed by atoms with van der Waals surface area (Å²) >= 11 is 3.75. The maximum absolute atomic E-state index is 4.26. The molecule has 0 fully saturated rings. The predicted molar refractivity (Wildman–Crippen MR) is 259 cm³/mol. The number of benzene rings is 10. The third-order valence-corrected chi connectivity index (χ3v) is 14.3. The van der Waals surface area contributed by atoms with Gasteiger partial charge in [-0.25, -0.2) is 0 Å². The molecule has 0 spiro atoms. The lowest BCUT2D eigenvalue weighted by molar-refractivity contribution is 1.22. The van der Waals surface area contributed by atoms with E-state index in [-0.39, 0.29) is 0 Å². The number of hydrogen-bond acceptors (Lipinski definition) is 4. The molecule has 12 aromatic rings. The fraction of sp³-hybridized carbons (Fsp3) is 0.0182. The number of fused-ring (bicyclic) bond motifs is 6. The normalized spacial score (nSPS) is 11.9. The molecule has 10 aromatic carbocycles. The van der Waals surface area contributed by atoms with Crippen LogP contribution in [0.15, 0.2) is 201 Å². The second-order valence-electron chi connectivity index (χ2n) is 15.2. The van der Waals surface area contributed by atoms with Crippen molar-refractivity contribution in [1.82, 2.24) is 0 Å². The summed E-state index contributed by atoms with van der Waals surface area (Å²) in [6.07, 6.45) is 2.79. The lowest BCUT2D eigenvalue weighted by atomic mass is 9.89. The Kier molecular flexibility index (Phi) is 7.84. The standard InChI is InChI=1S/C55H36N2S2/c1-2-15-37-34-36-29-31-44-46(56(38-16-5-3-6-17-38)47-24-13-22-42-40-20-9-11-26-49(40)58-54(42)47)33-30-35-28-32-45(52(36)51(35)44)53(37)57(39-18-7-4-8-19-39)48-25-14-23-43-41-21-10-12-27-50(41)59-55(43)48/h2-14,16-34H,1,15H2. The van der Waals surface area contributed by atoms with Crippen molar-refractivity contribution in [3.8, 4) is 0 Å². The van der Waals surface area contributed by atoms with Crippen LogP contribution in [0, 0.1) is 0 Å². The van der Waals surface area contributed by atoms with Gasteiger partial charge in [-0.05, 0) is 94.2 Å². The molecule has 2 nitrogen and oxygen atoms in total. The first-order valence-corrected chi connectivity index (χ1v) is 21.7. The minimum Gasteiger partial charge on any atom is -0.308 e. The van der Waals surface area contributed by atoms with Crippen molar-refractivity contribution in [2.45, 2.75) is 6.42 Å². The van der Waals surface area contributed by atoms with Gasteiger partial charge in [-0.15, -0.1) is 29.3 Å². The average molecular weight is 789 g/mol. The van der Waals surface area contributed by atoms with Gasteiger partial charge in [-0.3, -0.25) is 0 Å². The van der Waals surface area contributed by atoms with Crippen molar-refractivity contribution in [3.05, 3.63) is 206 Å². The van der Waals surface area contributed by atoms with E-state index in [1.165, 1.54) is 95.3 Å². The summed E-state index contributed by atoms with van der Waals surface area (Å²) in [7, 11) is 0. The Labute approximate surface area is 350 Å². The maximum atomic E-state index is 4.26. The molecule has 4 heteroatoms. The predicted octanol–water partition coefficient (Wildman–Crippen LogP) is 17.0. The van der Waals surface area contributed by atoms with Crippen LogP contribution < -0.4 is 9.80 Å². The van der Waals surface area contributed by atoms with Crippen molar-refractivity contribution in [2.24, 2.45) is 0 Å². The molecule has 0 saturated heterocycles. The van der Waals surface area contributed by atoms with Gasteiger partial charge >= 0.3 is 0 Å². The van der Waals surface area contributed by atoms with Gasteiger partial charge < -0.3 is 9.80 Å². The summed E-state index contributed by atoms with van der Waals surface area (Å²) in [5.41, 5.74) is 8.24. The molecule has 0 unspecified atom stereocenters. The molecule has 0 aliphatic rings. The monoisotopic (exact) mass is 788 g/mol. The third kappa shape index (κ3) is 5.24. The number of anilines is 6. The molecule has 278 valence electrons. The lowest BCUT2D eigenvalue weighted by Crippen LogP contribution is -2.13. The van der Waals surface area contributed by atoms with Gasteiger partial charge in [0.25, 0.3) is 0 Å². The fourth-order valence-corrected chi connectivity index (χ4v) is 11.9. The summed E-state index contributed by atoms with van der Waals surface area (Å²) < 4.78 is 5.17. The minimum atomic E-state index is 0.740. The van der Waals surface area contributed by atoms with Crippen molar-refractivity contribution < 1.29 is 0 Å². The van der Waals surface area contributed by atoms with Crippen LogP contribution in [0.4, 0.5) is 34.1 Å². The highest BCUT2D eigenvalue weighted by Crippen LogP contribution is 2.52. The number of allylic oxidation sites excluding steroid dienone is 1. The van der Waals surface area contributed by atoms with Crippen LogP contribution in [-0.2, 0) is 6.42 Å². The Balaban J connectivity index is 1.16. The molecule has 0 radical (unpaired) electrons. The SMILES string of the molecule is C=CCc1cc2ccc3c(N(c4ccccc4)c4cccc5c4sc4ccccc45)ccc4ccc(c1N(c1ccccc1)c1cccc5c1sc1ccccc15)c2c43. The molecule has 0 N–H and O–H groups in total. The first-order valence-electron chi connectivity index (χ1n) is 20.1. The highest BCUT2D eigenvalue weighted by Gasteiger charge is 2.26. The van der Waals surface area contributed by atoms with Crippen molar-refractivity contribution >= 4 is 129 Å². The summed E-state index contributed by atoms with van der Waals surface area (Å²) in [4.78, 5) is 4.99. The van der Waals surface area contributed by atoms with E-state index in [2.05, 4.69) is 204 Å². The van der Waals surface area contributed by atoms with Gasteiger partial charge in [0, 0.05) is 53.1 Å². The zero-order chi connectivity index (χ0) is 39.0. The van der Waals surface area contributed by atoms with Crippen LogP contribution in [0.2, 0.25) is 0 Å². The summed E-state index contributed by atoms with van der Waals surface area (Å²) in [5.74, 6) is 0. The number of para-hydroxylation sites is 2. The topological polar surface area (TPSA) is 6.48 Å². The smallest absolute Gasteiger partial charge is 0.0640 e. The van der Waals surface area contributed by atoms with Crippen LogP contribution in [0.1, 0.15) is 5.56 Å². The zero-order valence-corrected chi connectivity index (χ0v) is 33.7. The maximum Gasteiger partial charge on any atom is 0.0640 e. The Morgan fingerprint density at radius 3 is 1.56 bits per heavy atom.